The summed E-state index contributed by atoms with van der Waals surface area (Å²) >= 11 is 0. The summed E-state index contributed by atoms with van der Waals surface area (Å²) in [4.78, 5) is 46.2. The third-order valence-corrected chi connectivity index (χ3v) is 6.79. The maximum absolute atomic E-state index is 13.9. The fraction of sp³-hybridized carbons (Fsp3) is 0.103. The zero-order valence-electron chi connectivity index (χ0n) is 19.5. The second-order valence-electron chi connectivity index (χ2n) is 8.90. The summed E-state index contributed by atoms with van der Waals surface area (Å²) in [6, 6.07) is 31.2. The Morgan fingerprint density at radius 2 is 1.32 bits per heavy atom. The van der Waals surface area contributed by atoms with Crippen molar-refractivity contribution in [2.24, 2.45) is 5.92 Å². The first-order valence-corrected chi connectivity index (χ1v) is 11.8. The summed E-state index contributed by atoms with van der Waals surface area (Å²) < 4.78 is 0. The fourth-order valence-corrected chi connectivity index (χ4v) is 5.14. The minimum Gasteiger partial charge on any atom is -0.273 e. The molecule has 8 heteroatoms. The van der Waals surface area contributed by atoms with E-state index < -0.39 is 34.8 Å². The van der Waals surface area contributed by atoms with Crippen LogP contribution in [-0.4, -0.2) is 22.8 Å². The molecule has 0 N–H and O–H groups in total. The molecule has 0 bridgehead atoms. The van der Waals surface area contributed by atoms with E-state index >= 15 is 0 Å². The molecule has 0 aliphatic carbocycles. The van der Waals surface area contributed by atoms with Crippen molar-refractivity contribution in [2.45, 2.75) is 12.1 Å². The Hall–Kier alpha value is -4.82. The molecule has 2 aliphatic rings. The van der Waals surface area contributed by atoms with Crippen molar-refractivity contribution in [3.05, 3.63) is 125 Å². The Kier molecular flexibility index (Phi) is 5.50. The van der Waals surface area contributed by atoms with Crippen LogP contribution in [-0.2, 0) is 14.4 Å². The zero-order chi connectivity index (χ0) is 25.5. The number of amides is 2. The van der Waals surface area contributed by atoms with E-state index in [0.717, 1.165) is 16.0 Å². The van der Waals surface area contributed by atoms with Crippen molar-refractivity contribution in [1.29, 1.82) is 0 Å². The number of hydrogen-bond donors (Lipinski definition) is 0. The molecule has 0 saturated carbocycles. The van der Waals surface area contributed by atoms with Crippen molar-refractivity contribution in [1.82, 2.24) is 0 Å². The average molecular weight is 492 g/mol. The van der Waals surface area contributed by atoms with Crippen LogP contribution in [0.3, 0.4) is 0 Å². The van der Waals surface area contributed by atoms with Gasteiger partial charge in [0.05, 0.1) is 21.9 Å². The molecule has 8 nitrogen and oxygen atoms in total. The minimum atomic E-state index is -1.11. The van der Waals surface area contributed by atoms with Crippen LogP contribution in [0.1, 0.15) is 11.6 Å². The van der Waals surface area contributed by atoms with E-state index in [4.69, 9.17) is 4.84 Å². The number of benzene rings is 4. The van der Waals surface area contributed by atoms with Crippen molar-refractivity contribution in [2.75, 3.05) is 9.96 Å². The van der Waals surface area contributed by atoms with Crippen LogP contribution in [0.2, 0.25) is 0 Å². The third kappa shape index (κ3) is 3.75. The second kappa shape index (κ2) is 9.00. The Labute approximate surface area is 212 Å². The lowest BCUT2D eigenvalue weighted by molar-refractivity contribution is -0.385. The smallest absolute Gasteiger partial charge is 0.273 e. The summed E-state index contributed by atoms with van der Waals surface area (Å²) in [5, 5.41) is 13.4. The van der Waals surface area contributed by atoms with Crippen LogP contribution >= 0.6 is 0 Å². The van der Waals surface area contributed by atoms with Gasteiger partial charge in [0.25, 0.3) is 11.6 Å². The van der Waals surface area contributed by atoms with Gasteiger partial charge in [-0.25, -0.2) is 9.96 Å². The molecule has 4 aromatic rings. The number of anilines is 2. The van der Waals surface area contributed by atoms with E-state index in [9.17, 15) is 19.7 Å². The quantitative estimate of drug-likeness (QED) is 0.213. The van der Waals surface area contributed by atoms with Crippen molar-refractivity contribution < 1.29 is 19.3 Å². The monoisotopic (exact) mass is 491 g/mol. The first kappa shape index (κ1) is 22.6. The lowest BCUT2D eigenvalue weighted by atomic mass is 9.89. The molecule has 2 saturated heterocycles. The molecule has 182 valence electrons. The molecule has 37 heavy (non-hydrogen) atoms. The molecule has 3 atom stereocenters. The van der Waals surface area contributed by atoms with E-state index in [-0.39, 0.29) is 5.69 Å². The highest BCUT2D eigenvalue weighted by atomic mass is 16.7. The number of hydrogen-bond acceptors (Lipinski definition) is 6. The van der Waals surface area contributed by atoms with Gasteiger partial charge in [-0.05, 0) is 41.5 Å². The maximum atomic E-state index is 13.9. The average Bonchev–Trinajstić information content (AvgIpc) is 3.45. The number of para-hydroxylation sites is 2. The molecule has 2 amide bonds. The van der Waals surface area contributed by atoms with Crippen LogP contribution < -0.4 is 9.96 Å². The summed E-state index contributed by atoms with van der Waals surface area (Å²) in [5.41, 5.74) is 3.01. The van der Waals surface area contributed by atoms with Crippen LogP contribution in [0.25, 0.3) is 11.1 Å². The number of nitro groups is 1. The lowest BCUT2D eigenvalue weighted by Crippen LogP contribution is -2.37. The topological polar surface area (TPSA) is 93.0 Å². The standard InChI is InChI=1S/C29H21N3O5/c33-28-25-26(23-16-7-8-17-24(23)32(35)36)31(21-13-5-2-6-14-21)37-27(25)29(34)30(28)22-15-9-12-20(18-22)19-10-3-1-4-11-19/h1-18,25-27H/t25-,26+,27-/m0/s1. The van der Waals surface area contributed by atoms with Crippen LogP contribution in [0.5, 0.6) is 0 Å². The summed E-state index contributed by atoms with van der Waals surface area (Å²) in [7, 11) is 0. The molecule has 0 unspecified atom stereocenters. The number of fused-ring (bicyclic) bond motifs is 1. The normalized spacial score (nSPS) is 20.8. The molecule has 2 fully saturated rings. The van der Waals surface area contributed by atoms with Crippen molar-refractivity contribution >= 4 is 28.9 Å². The largest absolute Gasteiger partial charge is 0.274 e. The van der Waals surface area contributed by atoms with Gasteiger partial charge >= 0.3 is 0 Å². The molecule has 6 rings (SSSR count). The first-order valence-electron chi connectivity index (χ1n) is 11.8. The van der Waals surface area contributed by atoms with E-state index in [1.165, 1.54) is 11.1 Å². The zero-order valence-corrected chi connectivity index (χ0v) is 19.5. The third-order valence-electron chi connectivity index (χ3n) is 6.79. The van der Waals surface area contributed by atoms with Gasteiger partial charge in [0.2, 0.25) is 5.91 Å². The summed E-state index contributed by atoms with van der Waals surface area (Å²) in [6.45, 7) is 0. The summed E-state index contributed by atoms with van der Waals surface area (Å²) in [5.74, 6) is -1.92. The first-order chi connectivity index (χ1) is 18.0. The lowest BCUT2D eigenvalue weighted by Gasteiger charge is -2.28. The van der Waals surface area contributed by atoms with Crippen molar-refractivity contribution in [3.63, 3.8) is 0 Å². The summed E-state index contributed by atoms with van der Waals surface area (Å²) in [6.07, 6.45) is -1.11. The van der Waals surface area contributed by atoms with Crippen LogP contribution in [0.4, 0.5) is 17.1 Å². The van der Waals surface area contributed by atoms with Gasteiger partial charge in [-0.1, -0.05) is 72.8 Å². The second-order valence-corrected chi connectivity index (χ2v) is 8.90. The maximum Gasteiger partial charge on any atom is 0.274 e. The van der Waals surface area contributed by atoms with Crippen LogP contribution in [0.15, 0.2) is 109 Å². The molecule has 2 heterocycles. The van der Waals surface area contributed by atoms with Gasteiger partial charge in [0.15, 0.2) is 6.10 Å². The molecule has 0 spiro atoms. The Balaban J connectivity index is 1.44. The highest BCUT2D eigenvalue weighted by molar-refractivity contribution is 6.24. The predicted molar refractivity (Wildman–Crippen MR) is 137 cm³/mol. The Morgan fingerprint density at radius 1 is 0.703 bits per heavy atom. The van der Waals surface area contributed by atoms with E-state index in [2.05, 4.69) is 0 Å². The van der Waals surface area contributed by atoms with Gasteiger partial charge < -0.3 is 0 Å². The van der Waals surface area contributed by atoms with Gasteiger partial charge in [0.1, 0.15) is 12.0 Å². The fourth-order valence-electron chi connectivity index (χ4n) is 5.14. The molecular weight excluding hydrogens is 470 g/mol. The van der Waals surface area contributed by atoms with Gasteiger partial charge in [-0.2, -0.15) is 0 Å². The molecule has 4 aromatic carbocycles. The SMILES string of the molecule is O=C1[C@@H]2[C@H](ON(c3ccccc3)[C@@H]2c2ccccc2[N+](=O)[O-])C(=O)N1c1cccc(-c2ccccc2)c1. The number of nitro benzene ring substituents is 1. The van der Waals surface area contributed by atoms with Crippen molar-refractivity contribution in [3.8, 4) is 11.1 Å². The molecule has 2 aliphatic heterocycles. The van der Waals surface area contributed by atoms with E-state index in [1.807, 2.05) is 42.5 Å². The Bertz CT molecular complexity index is 1510. The number of hydroxylamine groups is 1. The number of imide groups is 1. The van der Waals surface area contributed by atoms with E-state index in [1.54, 1.807) is 60.7 Å². The minimum absolute atomic E-state index is 0.137. The highest BCUT2D eigenvalue weighted by Gasteiger charge is 2.61. The van der Waals surface area contributed by atoms with Gasteiger partial charge in [-0.15, -0.1) is 0 Å². The molecule has 0 radical (unpaired) electrons. The highest BCUT2D eigenvalue weighted by Crippen LogP contribution is 2.49. The number of nitrogens with zero attached hydrogens (tertiary/aromatic N) is 3. The number of carbonyl (C=O) groups excluding carboxylic acids is 2. The van der Waals surface area contributed by atoms with Crippen LogP contribution in [0, 0.1) is 16.0 Å². The van der Waals surface area contributed by atoms with E-state index in [0.29, 0.717) is 16.9 Å². The van der Waals surface area contributed by atoms with Gasteiger partial charge in [0, 0.05) is 6.07 Å². The van der Waals surface area contributed by atoms with Gasteiger partial charge in [-0.3, -0.25) is 24.5 Å². The Morgan fingerprint density at radius 3 is 2.05 bits per heavy atom. The number of rotatable bonds is 5. The molecular formula is C29H21N3O5. The molecule has 0 aromatic heterocycles. The number of carbonyl (C=O) groups is 2. The predicted octanol–water partition coefficient (Wildman–Crippen LogP) is 5.31.